The van der Waals surface area contributed by atoms with Gasteiger partial charge in [-0.1, -0.05) is 239 Å². The van der Waals surface area contributed by atoms with Gasteiger partial charge in [-0.15, -0.1) is 0 Å². The van der Waals surface area contributed by atoms with Crippen molar-refractivity contribution in [3.8, 4) is 22.3 Å². The largest absolute Gasteiger partial charge is 0.242 e. The summed E-state index contributed by atoms with van der Waals surface area (Å²) in [6, 6.07) is 57.8. The van der Waals surface area contributed by atoms with E-state index >= 15 is 0 Å². The number of hydrogen-bond donors (Lipinski definition) is 0. The van der Waals surface area contributed by atoms with Gasteiger partial charge in [-0.2, -0.15) is 0 Å². The molecule has 8 aromatic carbocycles. The molecule has 0 amide bonds. The van der Waals surface area contributed by atoms with Gasteiger partial charge in [0.2, 0.25) is 13.4 Å². The van der Waals surface area contributed by atoms with Crippen molar-refractivity contribution < 1.29 is 0 Å². The summed E-state index contributed by atoms with van der Waals surface area (Å²) in [5, 5.41) is 0. The van der Waals surface area contributed by atoms with Gasteiger partial charge in [0.05, 0.1) is 0 Å². The molecule has 4 aliphatic carbocycles. The second-order valence-corrected chi connectivity index (χ2v) is 24.0. The molecule has 8 aromatic rings. The Morgan fingerprint density at radius 1 is 0.319 bits per heavy atom. The minimum absolute atomic E-state index is 0.146. The number of hydrogen-bond acceptors (Lipinski definition) is 0. The zero-order valence-electron chi connectivity index (χ0n) is 45.4. The molecule has 2 unspecified atom stereocenters. The Hall–Kier alpha value is -6.11. The molecular formula is C70H74B2. The van der Waals surface area contributed by atoms with E-state index < -0.39 is 0 Å². The molecule has 0 nitrogen and oxygen atoms in total. The van der Waals surface area contributed by atoms with E-state index in [9.17, 15) is 0 Å². The fourth-order valence-electron chi connectivity index (χ4n) is 16.3. The van der Waals surface area contributed by atoms with E-state index in [1.807, 2.05) is 0 Å². The smallest absolute Gasteiger partial charge is 0.0686 e. The van der Waals surface area contributed by atoms with Crippen molar-refractivity contribution in [1.29, 1.82) is 0 Å². The van der Waals surface area contributed by atoms with Crippen molar-refractivity contribution >= 4 is 46.2 Å². The Labute approximate surface area is 433 Å². The number of rotatable bonds is 10. The predicted molar refractivity (Wildman–Crippen MR) is 314 cm³/mol. The zero-order valence-corrected chi connectivity index (χ0v) is 45.4. The first-order chi connectivity index (χ1) is 34.5. The lowest BCUT2D eigenvalue weighted by atomic mass is 9.34. The third kappa shape index (κ3) is 8.55. The third-order valence-electron chi connectivity index (χ3n) is 18.3. The highest BCUT2D eigenvalue weighted by atomic mass is 14.6. The molecule has 0 aromatic heterocycles. The van der Waals surface area contributed by atoms with Crippen LogP contribution in [0.25, 0.3) is 22.3 Å². The van der Waals surface area contributed by atoms with Gasteiger partial charge in [0.15, 0.2) is 0 Å². The molecular weight excluding hydrogens is 862 g/mol. The second-order valence-electron chi connectivity index (χ2n) is 24.0. The van der Waals surface area contributed by atoms with E-state index in [2.05, 4.69) is 229 Å². The van der Waals surface area contributed by atoms with Crippen LogP contribution in [0.1, 0.15) is 116 Å². The van der Waals surface area contributed by atoms with Crippen LogP contribution in [0.2, 0.25) is 0 Å². The Morgan fingerprint density at radius 3 is 1.03 bits per heavy atom. The lowest BCUT2D eigenvalue weighted by molar-refractivity contribution is -0.0281. The molecule has 72 heavy (non-hydrogen) atoms. The summed E-state index contributed by atoms with van der Waals surface area (Å²) in [4.78, 5) is 0. The van der Waals surface area contributed by atoms with Crippen molar-refractivity contribution in [2.24, 2.45) is 11.8 Å². The van der Waals surface area contributed by atoms with Gasteiger partial charge in [-0.3, -0.25) is 0 Å². The molecule has 0 radical (unpaired) electrons. The topological polar surface area (TPSA) is 0 Å². The van der Waals surface area contributed by atoms with Crippen molar-refractivity contribution in [1.82, 2.24) is 0 Å². The predicted octanol–water partition coefficient (Wildman–Crippen LogP) is 13.5. The van der Waals surface area contributed by atoms with Gasteiger partial charge in [0.1, 0.15) is 0 Å². The van der Waals surface area contributed by atoms with Crippen molar-refractivity contribution in [2.75, 3.05) is 0 Å². The van der Waals surface area contributed by atoms with Crippen LogP contribution in [0.5, 0.6) is 0 Å². The Bertz CT molecular complexity index is 3180. The molecule has 4 bridgehead atoms. The average Bonchev–Trinajstić information content (AvgIpc) is 3.32. The van der Waals surface area contributed by atoms with Crippen LogP contribution in [0.4, 0.5) is 0 Å². The molecule has 4 aliphatic rings. The molecule has 0 saturated heterocycles. The van der Waals surface area contributed by atoms with Crippen LogP contribution in [0, 0.1) is 94.9 Å². The molecule has 12 rings (SSSR count). The highest BCUT2D eigenvalue weighted by molar-refractivity contribution is 6.97. The van der Waals surface area contributed by atoms with Crippen molar-refractivity contribution in [3.05, 3.63) is 223 Å². The quantitative estimate of drug-likeness (QED) is 0.120. The van der Waals surface area contributed by atoms with Crippen molar-refractivity contribution in [2.45, 2.75) is 132 Å². The number of benzene rings is 8. The lowest BCUT2D eigenvalue weighted by Gasteiger charge is -2.63. The van der Waals surface area contributed by atoms with E-state index in [0.717, 1.165) is 11.8 Å². The molecule has 360 valence electrons. The van der Waals surface area contributed by atoms with Crippen LogP contribution < -0.4 is 32.8 Å². The van der Waals surface area contributed by atoms with Crippen LogP contribution >= 0.6 is 0 Å². The SMILES string of the molecule is Cc1cc(C)c(B(c2ccc(C34CC5CC(C3)CC(c3ccc(-c6cccc(-c7cccc(B(c8c(C)cc(C)cc8C)c8c(C)cc(C)cc8C)c7)c6)cc3)(C5)C4)cc2)c2c(C)cc(C)cc2C)c(C)c1. The van der Waals surface area contributed by atoms with E-state index in [1.54, 1.807) is 11.1 Å². The molecule has 0 N–H and O–H groups in total. The van der Waals surface area contributed by atoms with Gasteiger partial charge in [0.25, 0.3) is 0 Å². The van der Waals surface area contributed by atoms with E-state index in [0.29, 0.717) is 0 Å². The van der Waals surface area contributed by atoms with Crippen molar-refractivity contribution in [3.63, 3.8) is 0 Å². The summed E-state index contributed by atoms with van der Waals surface area (Å²) >= 11 is 0. The van der Waals surface area contributed by atoms with Crippen LogP contribution in [-0.4, -0.2) is 13.4 Å². The first-order valence-corrected chi connectivity index (χ1v) is 27.2. The molecule has 0 aliphatic heterocycles. The normalized spacial score (nSPS) is 20.0. The first-order valence-electron chi connectivity index (χ1n) is 27.2. The van der Waals surface area contributed by atoms with Crippen LogP contribution in [0.3, 0.4) is 0 Å². The summed E-state index contributed by atoms with van der Waals surface area (Å²) in [6.07, 6.45) is 8.00. The Kier molecular flexibility index (Phi) is 12.3. The summed E-state index contributed by atoms with van der Waals surface area (Å²) in [5.74, 6) is 1.58. The van der Waals surface area contributed by atoms with E-state index in [4.69, 9.17) is 0 Å². The molecule has 4 saturated carbocycles. The molecule has 0 heterocycles. The molecule has 0 spiro atoms. The van der Waals surface area contributed by atoms with Crippen LogP contribution in [0.15, 0.2) is 146 Å². The highest BCUT2D eigenvalue weighted by Gasteiger charge is 2.58. The Morgan fingerprint density at radius 2 is 0.639 bits per heavy atom. The minimum Gasteiger partial charge on any atom is -0.0686 e. The van der Waals surface area contributed by atoms with Gasteiger partial charge >= 0.3 is 0 Å². The third-order valence-corrected chi connectivity index (χ3v) is 18.3. The standard InChI is InChI=1S/C70H74B2/c1-43-27-47(5)65(48(6)28-43)71(66-49(7)29-44(2)30-50(66)8)63-25-23-62(24-26-63)70-40-55-35-56(41-70)39-69(38-55,42-70)61-21-19-57(20-22-61)58-15-13-16-59(36-58)60-17-14-18-64(37-60)72(67-51(9)31-45(3)32-52(67)10)68-53(11)33-46(4)34-54(68)12/h13-34,36-37,55-56H,35,38-42H2,1-12H3. The summed E-state index contributed by atoms with van der Waals surface area (Å²) < 4.78 is 0. The van der Waals surface area contributed by atoms with Gasteiger partial charge < -0.3 is 0 Å². The highest BCUT2D eigenvalue weighted by Crippen LogP contribution is 2.66. The van der Waals surface area contributed by atoms with Gasteiger partial charge in [-0.05, 0) is 184 Å². The maximum Gasteiger partial charge on any atom is 0.242 e. The molecule has 2 heteroatoms. The first kappa shape index (κ1) is 48.2. The monoisotopic (exact) mass is 937 g/mol. The van der Waals surface area contributed by atoms with E-state index in [1.165, 1.54) is 160 Å². The fraction of sp³-hybridized carbons (Fsp3) is 0.314. The maximum atomic E-state index is 2.57. The van der Waals surface area contributed by atoms with Gasteiger partial charge in [-0.25, -0.2) is 0 Å². The zero-order chi connectivity index (χ0) is 50.4. The average molecular weight is 937 g/mol. The summed E-state index contributed by atoms with van der Waals surface area (Å²) in [5.41, 5.74) is 33.6. The molecule has 4 fully saturated rings. The summed E-state index contributed by atoms with van der Waals surface area (Å²) in [6.45, 7) is 27.8. The molecule has 2 atom stereocenters. The van der Waals surface area contributed by atoms with Gasteiger partial charge in [0, 0.05) is 0 Å². The minimum atomic E-state index is 0.146. The number of aryl methyl sites for hydroxylation is 12. The summed E-state index contributed by atoms with van der Waals surface area (Å²) in [7, 11) is 0. The maximum absolute atomic E-state index is 2.57. The lowest BCUT2D eigenvalue weighted by Crippen LogP contribution is -2.57. The van der Waals surface area contributed by atoms with E-state index in [-0.39, 0.29) is 24.3 Å². The Balaban J connectivity index is 0.894. The van der Waals surface area contributed by atoms with Crippen LogP contribution in [-0.2, 0) is 10.8 Å². The fourth-order valence-corrected chi connectivity index (χ4v) is 16.3. The second kappa shape index (κ2) is 18.4.